The van der Waals surface area contributed by atoms with E-state index in [9.17, 15) is 9.59 Å². The Morgan fingerprint density at radius 1 is 1.36 bits per heavy atom. The van der Waals surface area contributed by atoms with Crippen molar-refractivity contribution in [2.24, 2.45) is 0 Å². The summed E-state index contributed by atoms with van der Waals surface area (Å²) < 4.78 is 0. The number of benzene rings is 1. The Kier molecular flexibility index (Phi) is 6.83. The molecule has 1 atom stereocenters. The van der Waals surface area contributed by atoms with Crippen molar-refractivity contribution in [3.63, 3.8) is 0 Å². The number of carbonyl (C=O) groups is 2. The first kappa shape index (κ1) is 18.0. The molecule has 0 aliphatic carbocycles. The summed E-state index contributed by atoms with van der Waals surface area (Å²) in [6, 6.07) is 7.66. The average molecular weight is 302 g/mol. The third kappa shape index (κ3) is 3.97. The lowest BCUT2D eigenvalue weighted by atomic mass is 10.1. The van der Waals surface area contributed by atoms with Gasteiger partial charge in [0.2, 0.25) is 5.91 Å². The summed E-state index contributed by atoms with van der Waals surface area (Å²) >= 11 is 0. The van der Waals surface area contributed by atoms with E-state index >= 15 is 0 Å². The number of amides is 2. The molecule has 0 N–H and O–H groups in total. The van der Waals surface area contributed by atoms with E-state index < -0.39 is 0 Å². The molecule has 1 aliphatic rings. The van der Waals surface area contributed by atoms with Gasteiger partial charge in [0.05, 0.1) is 0 Å². The zero-order valence-electron chi connectivity index (χ0n) is 13.8. The minimum absolute atomic E-state index is 0.0365. The number of hydrogen-bond acceptors (Lipinski definition) is 2. The normalized spacial score (nSPS) is 17.0. The Hall–Kier alpha value is -2.10. The highest BCUT2D eigenvalue weighted by molar-refractivity contribution is 5.99. The molecule has 1 fully saturated rings. The second kappa shape index (κ2) is 8.37. The first-order chi connectivity index (χ1) is 10.5. The molecule has 0 aromatic heterocycles. The van der Waals surface area contributed by atoms with E-state index in [-0.39, 0.29) is 17.9 Å². The highest BCUT2D eigenvalue weighted by Gasteiger charge is 2.31. The van der Waals surface area contributed by atoms with Crippen LogP contribution in [0.3, 0.4) is 0 Å². The molecule has 0 bridgehead atoms. The summed E-state index contributed by atoms with van der Waals surface area (Å²) in [5.41, 5.74) is 1.47. The molecule has 1 saturated heterocycles. The average Bonchev–Trinajstić information content (AvgIpc) is 2.89. The molecule has 0 radical (unpaired) electrons. The maximum Gasteiger partial charge on any atom is 0.253 e. The van der Waals surface area contributed by atoms with Gasteiger partial charge < -0.3 is 9.80 Å². The van der Waals surface area contributed by atoms with Crippen LogP contribution in [0.25, 0.3) is 0 Å². The summed E-state index contributed by atoms with van der Waals surface area (Å²) in [6.07, 6.45) is 3.59. The lowest BCUT2D eigenvalue weighted by molar-refractivity contribution is -0.117. The van der Waals surface area contributed by atoms with Crippen LogP contribution >= 0.6 is 0 Å². The fourth-order valence-electron chi connectivity index (χ4n) is 2.75. The minimum Gasteiger partial charge on any atom is -0.345 e. The third-order valence-electron chi connectivity index (χ3n) is 3.72. The highest BCUT2D eigenvalue weighted by atomic mass is 16.2. The molecule has 1 heterocycles. The Morgan fingerprint density at radius 2 is 2.05 bits per heavy atom. The molecule has 0 spiro atoms. The van der Waals surface area contributed by atoms with Crippen molar-refractivity contribution in [3.8, 4) is 0 Å². The number of carbonyl (C=O) groups excluding carboxylic acids is 2. The Bertz CT molecular complexity index is 526. The topological polar surface area (TPSA) is 40.6 Å². The standard InChI is InChI=1S/C16H22N2O2.C2H4/c1-4-6-13-9-10-15(19)18(13)14-8-5-7-12(11-14)16(20)17(2)3;1-2/h5,7-8,11,13H,4,6,9-10H2,1-3H3;1-2H2. The number of nitrogens with zero attached hydrogens (tertiary/aromatic N) is 2. The lowest BCUT2D eigenvalue weighted by Crippen LogP contribution is -2.33. The van der Waals surface area contributed by atoms with E-state index in [1.807, 2.05) is 23.1 Å². The zero-order valence-corrected chi connectivity index (χ0v) is 13.8. The smallest absolute Gasteiger partial charge is 0.253 e. The largest absolute Gasteiger partial charge is 0.345 e. The van der Waals surface area contributed by atoms with Crippen molar-refractivity contribution in [3.05, 3.63) is 43.0 Å². The quantitative estimate of drug-likeness (QED) is 0.799. The maximum atomic E-state index is 12.1. The fourth-order valence-corrected chi connectivity index (χ4v) is 2.75. The predicted molar refractivity (Wildman–Crippen MR) is 91.1 cm³/mol. The van der Waals surface area contributed by atoms with Crippen LogP contribution in [0, 0.1) is 0 Å². The molecule has 1 aromatic rings. The molecule has 1 aliphatic heterocycles. The summed E-state index contributed by atoms with van der Waals surface area (Å²) in [6.45, 7) is 8.13. The van der Waals surface area contributed by atoms with Gasteiger partial charge in [-0.25, -0.2) is 0 Å². The molecule has 0 saturated carbocycles. The third-order valence-corrected chi connectivity index (χ3v) is 3.72. The molecule has 2 amide bonds. The van der Waals surface area contributed by atoms with E-state index in [2.05, 4.69) is 20.1 Å². The van der Waals surface area contributed by atoms with Gasteiger partial charge in [-0.15, -0.1) is 13.2 Å². The lowest BCUT2D eigenvalue weighted by Gasteiger charge is -2.25. The van der Waals surface area contributed by atoms with E-state index in [0.717, 1.165) is 24.9 Å². The Morgan fingerprint density at radius 3 is 2.64 bits per heavy atom. The van der Waals surface area contributed by atoms with Crippen molar-refractivity contribution < 1.29 is 9.59 Å². The fraction of sp³-hybridized carbons (Fsp3) is 0.444. The van der Waals surface area contributed by atoms with Crippen molar-refractivity contribution >= 4 is 17.5 Å². The number of hydrogen-bond donors (Lipinski definition) is 0. The second-order valence-corrected chi connectivity index (χ2v) is 5.49. The van der Waals surface area contributed by atoms with Gasteiger partial charge in [-0.3, -0.25) is 9.59 Å². The minimum atomic E-state index is -0.0365. The van der Waals surface area contributed by atoms with Gasteiger partial charge in [-0.2, -0.15) is 0 Å². The van der Waals surface area contributed by atoms with Gasteiger partial charge in [-0.05, 0) is 31.0 Å². The van der Waals surface area contributed by atoms with E-state index in [1.54, 1.807) is 25.1 Å². The van der Waals surface area contributed by atoms with Crippen LogP contribution in [0.4, 0.5) is 5.69 Å². The van der Waals surface area contributed by atoms with Gasteiger partial charge in [0.1, 0.15) is 0 Å². The molecule has 1 aromatic carbocycles. The second-order valence-electron chi connectivity index (χ2n) is 5.49. The van der Waals surface area contributed by atoms with E-state index in [0.29, 0.717) is 12.0 Å². The van der Waals surface area contributed by atoms with Crippen molar-refractivity contribution in [1.82, 2.24) is 4.90 Å². The van der Waals surface area contributed by atoms with E-state index in [1.165, 1.54) is 0 Å². The zero-order chi connectivity index (χ0) is 16.7. The van der Waals surface area contributed by atoms with Crippen LogP contribution < -0.4 is 4.90 Å². The number of rotatable bonds is 4. The van der Waals surface area contributed by atoms with Gasteiger partial charge in [-0.1, -0.05) is 19.4 Å². The molecule has 1 unspecified atom stereocenters. The van der Waals surface area contributed by atoms with Crippen LogP contribution in [0.1, 0.15) is 43.0 Å². The molecule has 2 rings (SSSR count). The van der Waals surface area contributed by atoms with Crippen LogP contribution in [-0.2, 0) is 4.79 Å². The van der Waals surface area contributed by atoms with E-state index in [4.69, 9.17) is 0 Å². The first-order valence-electron chi connectivity index (χ1n) is 7.68. The van der Waals surface area contributed by atoms with Crippen LogP contribution in [0.15, 0.2) is 37.4 Å². The van der Waals surface area contributed by atoms with Gasteiger partial charge >= 0.3 is 0 Å². The van der Waals surface area contributed by atoms with Gasteiger partial charge in [0, 0.05) is 37.8 Å². The predicted octanol–water partition coefficient (Wildman–Crippen LogP) is 3.49. The first-order valence-corrected chi connectivity index (χ1v) is 7.68. The van der Waals surface area contributed by atoms with Crippen LogP contribution in [-0.4, -0.2) is 36.9 Å². The van der Waals surface area contributed by atoms with Crippen LogP contribution in [0.2, 0.25) is 0 Å². The molecule has 22 heavy (non-hydrogen) atoms. The summed E-state index contributed by atoms with van der Waals surface area (Å²) in [5.74, 6) is 0.128. The van der Waals surface area contributed by atoms with Crippen LogP contribution in [0.5, 0.6) is 0 Å². The molecular formula is C18H26N2O2. The highest BCUT2D eigenvalue weighted by Crippen LogP contribution is 2.29. The Labute approximate surface area is 133 Å². The van der Waals surface area contributed by atoms with Crippen molar-refractivity contribution in [2.45, 2.75) is 38.6 Å². The molecule has 4 heteroatoms. The van der Waals surface area contributed by atoms with Gasteiger partial charge in [0.25, 0.3) is 5.91 Å². The SMILES string of the molecule is C=C.CCCC1CCC(=O)N1c1cccc(C(=O)N(C)C)c1. The molecule has 120 valence electrons. The number of anilines is 1. The van der Waals surface area contributed by atoms with Gasteiger partial charge in [0.15, 0.2) is 0 Å². The van der Waals surface area contributed by atoms with Crippen molar-refractivity contribution in [1.29, 1.82) is 0 Å². The Balaban J connectivity index is 0.00000116. The summed E-state index contributed by atoms with van der Waals surface area (Å²) in [5, 5.41) is 0. The maximum absolute atomic E-state index is 12.1. The summed E-state index contributed by atoms with van der Waals surface area (Å²) in [7, 11) is 3.46. The van der Waals surface area contributed by atoms with Crippen molar-refractivity contribution in [2.75, 3.05) is 19.0 Å². The molecular weight excluding hydrogens is 276 g/mol. The molecule has 4 nitrogen and oxygen atoms in total. The summed E-state index contributed by atoms with van der Waals surface area (Å²) in [4.78, 5) is 27.5. The monoisotopic (exact) mass is 302 g/mol.